The molecule has 2 aromatic rings. The zero-order valence-electron chi connectivity index (χ0n) is 13.1. The minimum atomic E-state index is -0.331. The van der Waals surface area contributed by atoms with Gasteiger partial charge in [-0.05, 0) is 76.2 Å². The molecule has 0 unspecified atom stereocenters. The molecular formula is C16H21N3OS. The molecule has 21 heavy (non-hydrogen) atoms. The summed E-state index contributed by atoms with van der Waals surface area (Å²) in [5, 5.41) is 1.74. The van der Waals surface area contributed by atoms with Crippen LogP contribution in [0.1, 0.15) is 32.0 Å². The van der Waals surface area contributed by atoms with Crippen LogP contribution in [-0.2, 0) is 0 Å². The molecule has 2 heterocycles. The molecule has 0 amide bonds. The molecule has 0 saturated heterocycles. The second-order valence-electron chi connectivity index (χ2n) is 5.98. The van der Waals surface area contributed by atoms with Crippen molar-refractivity contribution in [1.82, 2.24) is 9.97 Å². The van der Waals surface area contributed by atoms with Gasteiger partial charge >= 0.3 is 0 Å². The number of aromatic nitrogens is 2. The Balaban J connectivity index is 2.26. The fourth-order valence-corrected chi connectivity index (χ4v) is 2.74. The second kappa shape index (κ2) is 5.93. The van der Waals surface area contributed by atoms with Gasteiger partial charge in [0.05, 0.1) is 5.69 Å². The maximum Gasteiger partial charge on any atom is 0.238 e. The SMILES string of the molecule is Cc1cc(C)nc(Sc2ccc(N)c(OC(C)(C)C)n2)c1. The third kappa shape index (κ3) is 4.63. The number of nitrogen functional groups attached to an aromatic ring is 1. The Kier molecular flexibility index (Phi) is 4.42. The lowest BCUT2D eigenvalue weighted by Crippen LogP contribution is -2.24. The van der Waals surface area contributed by atoms with Crippen LogP contribution in [0, 0.1) is 13.8 Å². The van der Waals surface area contributed by atoms with Crippen molar-refractivity contribution in [2.45, 2.75) is 50.3 Å². The highest BCUT2D eigenvalue weighted by molar-refractivity contribution is 7.99. The predicted molar refractivity (Wildman–Crippen MR) is 86.9 cm³/mol. The quantitative estimate of drug-likeness (QED) is 0.928. The van der Waals surface area contributed by atoms with Crippen molar-refractivity contribution >= 4 is 17.4 Å². The third-order valence-electron chi connectivity index (χ3n) is 2.55. The van der Waals surface area contributed by atoms with E-state index < -0.39 is 0 Å². The number of nitrogens with two attached hydrogens (primary N) is 1. The summed E-state index contributed by atoms with van der Waals surface area (Å²) in [5.41, 5.74) is 8.33. The molecule has 0 aliphatic carbocycles. The van der Waals surface area contributed by atoms with Crippen molar-refractivity contribution in [3.8, 4) is 5.88 Å². The van der Waals surface area contributed by atoms with E-state index in [1.807, 2.05) is 45.9 Å². The summed E-state index contributed by atoms with van der Waals surface area (Å²) in [6, 6.07) is 7.79. The Hall–Kier alpha value is -1.75. The van der Waals surface area contributed by atoms with Gasteiger partial charge in [0.1, 0.15) is 15.7 Å². The molecule has 2 N–H and O–H groups in total. The van der Waals surface area contributed by atoms with Crippen LogP contribution in [0.3, 0.4) is 0 Å². The molecule has 0 aliphatic rings. The predicted octanol–water partition coefficient (Wildman–Crippen LogP) is 4.00. The average Bonchev–Trinajstić information content (AvgIpc) is 2.30. The van der Waals surface area contributed by atoms with Crippen LogP contribution in [0.2, 0.25) is 0 Å². The topological polar surface area (TPSA) is 61.0 Å². The number of rotatable bonds is 3. The number of hydrogen-bond acceptors (Lipinski definition) is 5. The summed E-state index contributed by atoms with van der Waals surface area (Å²) in [5.74, 6) is 0.469. The normalized spacial score (nSPS) is 11.5. The molecule has 0 saturated carbocycles. The fourth-order valence-electron chi connectivity index (χ4n) is 1.83. The van der Waals surface area contributed by atoms with Gasteiger partial charge in [-0.3, -0.25) is 0 Å². The van der Waals surface area contributed by atoms with Gasteiger partial charge in [-0.25, -0.2) is 9.97 Å². The van der Waals surface area contributed by atoms with Crippen LogP contribution < -0.4 is 10.5 Å². The molecule has 0 aliphatic heterocycles. The van der Waals surface area contributed by atoms with Gasteiger partial charge in [0.25, 0.3) is 0 Å². The third-order valence-corrected chi connectivity index (χ3v) is 3.41. The lowest BCUT2D eigenvalue weighted by molar-refractivity contribution is 0.124. The van der Waals surface area contributed by atoms with Crippen molar-refractivity contribution in [2.75, 3.05) is 5.73 Å². The molecular weight excluding hydrogens is 282 g/mol. The Morgan fingerprint density at radius 3 is 2.38 bits per heavy atom. The second-order valence-corrected chi connectivity index (χ2v) is 7.03. The Morgan fingerprint density at radius 2 is 1.76 bits per heavy atom. The van der Waals surface area contributed by atoms with E-state index in [-0.39, 0.29) is 5.60 Å². The first-order chi connectivity index (χ1) is 9.73. The highest BCUT2D eigenvalue weighted by atomic mass is 32.2. The van der Waals surface area contributed by atoms with Crippen LogP contribution in [0.25, 0.3) is 0 Å². The first kappa shape index (κ1) is 15.6. The van der Waals surface area contributed by atoms with E-state index >= 15 is 0 Å². The lowest BCUT2D eigenvalue weighted by atomic mass is 10.2. The summed E-state index contributed by atoms with van der Waals surface area (Å²) in [6.07, 6.45) is 0. The molecule has 5 heteroatoms. The highest BCUT2D eigenvalue weighted by Gasteiger charge is 2.16. The van der Waals surface area contributed by atoms with Gasteiger partial charge in [0.2, 0.25) is 5.88 Å². The standard InChI is InChI=1S/C16H21N3OS/c1-10-8-11(2)18-14(9-10)21-13-7-6-12(17)15(19-13)20-16(3,4)5/h6-9H,17H2,1-5H3. The van der Waals surface area contributed by atoms with Crippen molar-refractivity contribution < 1.29 is 4.74 Å². The van der Waals surface area contributed by atoms with Crippen LogP contribution in [0.5, 0.6) is 5.88 Å². The summed E-state index contributed by atoms with van der Waals surface area (Å²) in [4.78, 5) is 8.99. The van der Waals surface area contributed by atoms with Crippen molar-refractivity contribution in [1.29, 1.82) is 0 Å². The first-order valence-electron chi connectivity index (χ1n) is 6.81. The maximum absolute atomic E-state index is 5.93. The van der Waals surface area contributed by atoms with Gasteiger partial charge < -0.3 is 10.5 Å². The van der Waals surface area contributed by atoms with Crippen molar-refractivity contribution in [3.05, 3.63) is 35.5 Å². The number of aryl methyl sites for hydroxylation is 2. The molecule has 2 rings (SSSR count). The van der Waals surface area contributed by atoms with Crippen LogP contribution in [0.15, 0.2) is 34.3 Å². The Morgan fingerprint density at radius 1 is 1.05 bits per heavy atom. The van der Waals surface area contributed by atoms with Crippen LogP contribution >= 0.6 is 11.8 Å². The van der Waals surface area contributed by atoms with E-state index in [2.05, 4.69) is 23.0 Å². The van der Waals surface area contributed by atoms with Crippen molar-refractivity contribution in [2.24, 2.45) is 0 Å². The molecule has 2 aromatic heterocycles. The highest BCUT2D eigenvalue weighted by Crippen LogP contribution is 2.30. The number of hydrogen-bond donors (Lipinski definition) is 1. The van der Waals surface area contributed by atoms with Crippen LogP contribution in [0.4, 0.5) is 5.69 Å². The smallest absolute Gasteiger partial charge is 0.238 e. The van der Waals surface area contributed by atoms with E-state index in [1.54, 1.807) is 0 Å². The van der Waals surface area contributed by atoms with Crippen LogP contribution in [-0.4, -0.2) is 15.6 Å². The molecule has 0 aromatic carbocycles. The molecule has 0 bridgehead atoms. The van der Waals surface area contributed by atoms with E-state index in [0.717, 1.165) is 15.7 Å². The molecule has 0 fully saturated rings. The van der Waals surface area contributed by atoms with Gasteiger partial charge in [-0.1, -0.05) is 0 Å². The zero-order chi connectivity index (χ0) is 15.6. The maximum atomic E-state index is 5.93. The molecule has 0 atom stereocenters. The van der Waals surface area contributed by atoms with Gasteiger partial charge in [-0.2, -0.15) is 0 Å². The van der Waals surface area contributed by atoms with E-state index in [4.69, 9.17) is 10.5 Å². The molecule has 0 radical (unpaired) electrons. The zero-order valence-corrected chi connectivity index (χ0v) is 13.9. The fraction of sp³-hybridized carbons (Fsp3) is 0.375. The summed E-state index contributed by atoms with van der Waals surface area (Å²) >= 11 is 1.51. The number of anilines is 1. The number of nitrogens with zero attached hydrogens (tertiary/aromatic N) is 2. The van der Waals surface area contributed by atoms with E-state index in [0.29, 0.717) is 11.6 Å². The summed E-state index contributed by atoms with van der Waals surface area (Å²) in [7, 11) is 0. The Labute approximate surface area is 130 Å². The van der Waals surface area contributed by atoms with Gasteiger partial charge in [0, 0.05) is 5.69 Å². The largest absolute Gasteiger partial charge is 0.470 e. The first-order valence-corrected chi connectivity index (χ1v) is 7.63. The average molecular weight is 303 g/mol. The lowest BCUT2D eigenvalue weighted by Gasteiger charge is -2.21. The minimum absolute atomic E-state index is 0.331. The minimum Gasteiger partial charge on any atom is -0.470 e. The van der Waals surface area contributed by atoms with Gasteiger partial charge in [0.15, 0.2) is 0 Å². The summed E-state index contributed by atoms with van der Waals surface area (Å²) in [6.45, 7) is 9.96. The monoisotopic (exact) mass is 303 g/mol. The number of ether oxygens (including phenoxy) is 1. The van der Waals surface area contributed by atoms with Gasteiger partial charge in [-0.15, -0.1) is 0 Å². The van der Waals surface area contributed by atoms with E-state index in [1.165, 1.54) is 17.3 Å². The van der Waals surface area contributed by atoms with E-state index in [9.17, 15) is 0 Å². The molecule has 4 nitrogen and oxygen atoms in total. The van der Waals surface area contributed by atoms with Crippen molar-refractivity contribution in [3.63, 3.8) is 0 Å². The Bertz CT molecular complexity index is 630. The number of pyridine rings is 2. The molecule has 112 valence electrons. The molecule has 0 spiro atoms. The summed E-state index contributed by atoms with van der Waals surface area (Å²) < 4.78 is 5.79.